The second-order valence-corrected chi connectivity index (χ2v) is 11.8. The minimum Gasteiger partial charge on any atom is -0.512 e. The van der Waals surface area contributed by atoms with Gasteiger partial charge in [-0.15, -0.1) is 0 Å². The molecule has 0 aromatic heterocycles. The number of aliphatic hydroxyl groups is 1. The van der Waals surface area contributed by atoms with Crippen LogP contribution in [-0.2, 0) is 20.7 Å². The molecule has 2 saturated heterocycles. The third-order valence-electron chi connectivity index (χ3n) is 9.51. The van der Waals surface area contributed by atoms with E-state index in [-0.39, 0.29) is 71.2 Å². The van der Waals surface area contributed by atoms with Crippen molar-refractivity contribution in [2.45, 2.75) is 50.5 Å². The lowest BCUT2D eigenvalue weighted by atomic mass is 9.63. The summed E-state index contributed by atoms with van der Waals surface area (Å²) in [5.74, 6) is -1.36. The second-order valence-electron chi connectivity index (χ2n) is 11.8. The summed E-state index contributed by atoms with van der Waals surface area (Å²) in [4.78, 5) is 40.5. The quantitative estimate of drug-likeness (QED) is 0.178. The normalized spacial score (nSPS) is 30.8. The molecule has 3 fully saturated rings. The summed E-state index contributed by atoms with van der Waals surface area (Å²) < 4.78 is 6.03. The molecule has 7 rings (SSSR count). The predicted molar refractivity (Wildman–Crippen MR) is 132 cm³/mol. The van der Waals surface area contributed by atoms with Gasteiger partial charge < -0.3 is 31.7 Å². The van der Waals surface area contributed by atoms with E-state index < -0.39 is 11.5 Å². The number of nitrogen functional groups attached to an aromatic ring is 1. The predicted octanol–water partition coefficient (Wildman–Crippen LogP) is 1.89. The van der Waals surface area contributed by atoms with E-state index in [1.54, 1.807) is 0 Å². The molecular weight excluding hydrogens is 476 g/mol. The highest BCUT2D eigenvalue weighted by atomic mass is 16.6. The van der Waals surface area contributed by atoms with Crippen LogP contribution < -0.4 is 16.8 Å². The standard InChI is InChI=1S/C27H30N4O6/c28-16-8-17(30-19(33)10-31-4-3-26(11-31)1-2-26)22(34)21-14(16)6-12-5-13-7-18(32)15(25(29)36)9-27(13)24(37-27)20(12)23(21)35/h8,12-13,32,34H,1-7,9-11,28H2,(H2,29,36)(H,30,33)/t12?,13-,27-/m0/s1. The van der Waals surface area contributed by atoms with Crippen LogP contribution in [0.1, 0.15) is 54.4 Å². The Balaban J connectivity index is 1.18. The molecule has 1 aromatic carbocycles. The summed E-state index contributed by atoms with van der Waals surface area (Å²) in [5, 5.41) is 24.3. The lowest BCUT2D eigenvalue weighted by molar-refractivity contribution is -0.117. The summed E-state index contributed by atoms with van der Waals surface area (Å²) in [5.41, 5.74) is 13.2. The number of anilines is 2. The Hall–Kier alpha value is -3.53. The Morgan fingerprint density at radius 2 is 2.00 bits per heavy atom. The summed E-state index contributed by atoms with van der Waals surface area (Å²) in [6.45, 7) is 2.03. The monoisotopic (exact) mass is 506 g/mol. The fourth-order valence-electron chi connectivity index (χ4n) is 7.29. The Bertz CT molecular complexity index is 1380. The molecule has 1 aromatic rings. The van der Waals surface area contributed by atoms with Crippen molar-refractivity contribution in [1.29, 1.82) is 0 Å². The number of phenolic OH excluding ortho intramolecular Hbond substituents is 1. The number of carbonyl (C=O) groups is 3. The molecule has 10 heteroatoms. The van der Waals surface area contributed by atoms with Gasteiger partial charge in [-0.25, -0.2) is 0 Å². The second kappa shape index (κ2) is 7.28. The zero-order valence-corrected chi connectivity index (χ0v) is 20.4. The van der Waals surface area contributed by atoms with Crippen LogP contribution in [0.5, 0.6) is 5.75 Å². The number of aliphatic hydroxyl groups excluding tert-OH is 1. The molecule has 1 saturated carbocycles. The number of phenols is 1. The fraction of sp³-hybridized carbons (Fsp3) is 0.519. The first-order valence-electron chi connectivity index (χ1n) is 13.0. The molecule has 2 aliphatic heterocycles. The number of nitrogens with zero attached hydrogens (tertiary/aromatic N) is 1. The van der Waals surface area contributed by atoms with Gasteiger partial charge in [0.2, 0.25) is 11.8 Å². The van der Waals surface area contributed by atoms with Gasteiger partial charge >= 0.3 is 0 Å². The van der Waals surface area contributed by atoms with Crippen molar-refractivity contribution < 1.29 is 29.3 Å². The van der Waals surface area contributed by atoms with Gasteiger partial charge in [-0.3, -0.25) is 19.3 Å². The van der Waals surface area contributed by atoms with Crippen LogP contribution in [0.25, 0.3) is 0 Å². The van der Waals surface area contributed by atoms with Crippen LogP contribution >= 0.6 is 0 Å². The number of primary amides is 1. The number of likely N-dealkylation sites (tertiary alicyclic amines) is 1. The minimum atomic E-state index is -0.808. The molecule has 0 bridgehead atoms. The third kappa shape index (κ3) is 3.24. The number of ether oxygens (including phenoxy) is 1. The molecular formula is C27H30N4O6. The van der Waals surface area contributed by atoms with Crippen molar-refractivity contribution in [3.05, 3.63) is 39.9 Å². The molecule has 194 valence electrons. The number of hydrogen-bond donors (Lipinski definition) is 5. The Kier molecular flexibility index (Phi) is 4.46. The molecule has 2 amide bonds. The molecule has 37 heavy (non-hydrogen) atoms. The van der Waals surface area contributed by atoms with E-state index in [0.717, 1.165) is 19.5 Å². The fourth-order valence-corrected chi connectivity index (χ4v) is 7.29. The number of benzene rings is 1. The number of ketones is 1. The molecule has 6 aliphatic rings. The number of fused-ring (bicyclic) bond motifs is 2. The molecule has 4 aliphatic carbocycles. The molecule has 2 spiro atoms. The van der Waals surface area contributed by atoms with E-state index in [2.05, 4.69) is 10.2 Å². The lowest BCUT2D eigenvalue weighted by Crippen LogP contribution is -2.40. The molecule has 1 unspecified atom stereocenters. The van der Waals surface area contributed by atoms with Gasteiger partial charge in [-0.2, -0.15) is 0 Å². The van der Waals surface area contributed by atoms with Crippen LogP contribution in [0.3, 0.4) is 0 Å². The van der Waals surface area contributed by atoms with Crippen molar-refractivity contribution in [3.8, 4) is 5.75 Å². The summed E-state index contributed by atoms with van der Waals surface area (Å²) in [6, 6.07) is 1.53. The van der Waals surface area contributed by atoms with Crippen molar-refractivity contribution in [3.63, 3.8) is 0 Å². The maximum Gasteiger partial charge on any atom is 0.248 e. The molecule has 2 heterocycles. The number of allylic oxidation sites excluding steroid dienone is 2. The molecule has 3 atom stereocenters. The maximum absolute atomic E-state index is 13.8. The van der Waals surface area contributed by atoms with Crippen LogP contribution in [0, 0.1) is 17.3 Å². The number of aromatic hydroxyl groups is 1. The van der Waals surface area contributed by atoms with Gasteiger partial charge in [0.25, 0.3) is 0 Å². The first-order valence-corrected chi connectivity index (χ1v) is 13.0. The van der Waals surface area contributed by atoms with E-state index in [4.69, 9.17) is 16.2 Å². The van der Waals surface area contributed by atoms with Gasteiger partial charge in [0, 0.05) is 36.6 Å². The summed E-state index contributed by atoms with van der Waals surface area (Å²) >= 11 is 0. The Morgan fingerprint density at radius 3 is 2.70 bits per heavy atom. The lowest BCUT2D eigenvalue weighted by Gasteiger charge is -2.37. The number of carbonyl (C=O) groups excluding carboxylic acids is 3. The number of rotatable bonds is 4. The molecule has 0 radical (unpaired) electrons. The van der Waals surface area contributed by atoms with Crippen LogP contribution in [-0.4, -0.2) is 57.9 Å². The minimum absolute atomic E-state index is 0.0114. The van der Waals surface area contributed by atoms with Gasteiger partial charge in [0.1, 0.15) is 11.5 Å². The van der Waals surface area contributed by atoms with Crippen LogP contribution in [0.15, 0.2) is 28.7 Å². The van der Waals surface area contributed by atoms with Crippen molar-refractivity contribution in [2.24, 2.45) is 23.0 Å². The highest BCUT2D eigenvalue weighted by Gasteiger charge is 2.67. The topological polar surface area (TPSA) is 172 Å². The van der Waals surface area contributed by atoms with Crippen molar-refractivity contribution >= 4 is 29.0 Å². The van der Waals surface area contributed by atoms with Gasteiger partial charge in [0.15, 0.2) is 17.1 Å². The average molecular weight is 507 g/mol. The molecule has 10 nitrogen and oxygen atoms in total. The van der Waals surface area contributed by atoms with Gasteiger partial charge in [0.05, 0.1) is 23.4 Å². The van der Waals surface area contributed by atoms with Crippen molar-refractivity contribution in [1.82, 2.24) is 4.90 Å². The number of Topliss-reactive ketones (excluding diaryl/α,β-unsaturated/α-hetero) is 1. The Labute approximate surface area is 213 Å². The van der Waals surface area contributed by atoms with Crippen molar-refractivity contribution in [2.75, 3.05) is 30.7 Å². The highest BCUT2D eigenvalue weighted by Crippen LogP contribution is 2.64. The average Bonchev–Trinajstić information content (AvgIpc) is 3.71. The number of amides is 2. The number of nitrogens with two attached hydrogens (primary N) is 2. The molecule has 7 N–H and O–H groups in total. The number of nitrogens with one attached hydrogen (secondary N) is 1. The largest absolute Gasteiger partial charge is 0.512 e. The zero-order chi connectivity index (χ0) is 25.9. The Morgan fingerprint density at radius 1 is 1.22 bits per heavy atom. The van der Waals surface area contributed by atoms with E-state index in [9.17, 15) is 24.6 Å². The zero-order valence-electron chi connectivity index (χ0n) is 20.4. The summed E-state index contributed by atoms with van der Waals surface area (Å²) in [7, 11) is 0. The van der Waals surface area contributed by atoms with Crippen LogP contribution in [0.2, 0.25) is 0 Å². The van der Waals surface area contributed by atoms with E-state index >= 15 is 0 Å². The van der Waals surface area contributed by atoms with Gasteiger partial charge in [-0.05, 0) is 61.6 Å². The first-order chi connectivity index (χ1) is 17.6. The summed E-state index contributed by atoms with van der Waals surface area (Å²) in [6.07, 6.45) is 4.97. The maximum atomic E-state index is 13.8. The van der Waals surface area contributed by atoms with E-state index in [1.165, 1.54) is 18.9 Å². The number of epoxide rings is 1. The first kappa shape index (κ1) is 22.7. The van der Waals surface area contributed by atoms with Crippen LogP contribution in [0.4, 0.5) is 11.4 Å². The third-order valence-corrected chi connectivity index (χ3v) is 9.51. The van der Waals surface area contributed by atoms with Gasteiger partial charge in [-0.1, -0.05) is 0 Å². The SMILES string of the molecule is NC(=O)C1=C(O)C[C@@H]2CC3Cc4c(N)cc(NC(=O)CN5CCC6(CC6)C5)c(O)c4C(=O)C3=C3O[C@]32C1. The highest BCUT2D eigenvalue weighted by molar-refractivity contribution is 6.16. The number of hydrogen-bond acceptors (Lipinski definition) is 8. The smallest absolute Gasteiger partial charge is 0.248 e. The van der Waals surface area contributed by atoms with E-state index in [1.807, 2.05) is 0 Å². The van der Waals surface area contributed by atoms with E-state index in [0.29, 0.717) is 40.8 Å².